The highest BCUT2D eigenvalue weighted by Crippen LogP contribution is 2.17. The second-order valence-corrected chi connectivity index (χ2v) is 5.10. The maximum Gasteiger partial charge on any atom is 0.250 e. The third kappa shape index (κ3) is 2.44. The molecule has 19 heavy (non-hydrogen) atoms. The largest absolute Gasteiger partial charge is 0.336 e. The maximum atomic E-state index is 4.19. The van der Waals surface area contributed by atoms with Crippen LogP contribution in [0.5, 0.6) is 0 Å². The summed E-state index contributed by atoms with van der Waals surface area (Å²) in [6.45, 7) is 6.19. The molecule has 1 aliphatic heterocycles. The molecule has 6 nitrogen and oxygen atoms in total. The van der Waals surface area contributed by atoms with Gasteiger partial charge in [-0.15, -0.1) is 0 Å². The molecule has 1 aliphatic rings. The van der Waals surface area contributed by atoms with Crippen LogP contribution in [0.15, 0.2) is 30.3 Å². The molecule has 1 aromatic carbocycles. The van der Waals surface area contributed by atoms with Gasteiger partial charge < -0.3 is 10.2 Å². The first-order valence-electron chi connectivity index (χ1n) is 6.59. The van der Waals surface area contributed by atoms with Crippen molar-refractivity contribution in [1.29, 1.82) is 0 Å². The first kappa shape index (κ1) is 12.1. The van der Waals surface area contributed by atoms with Crippen LogP contribution in [-0.2, 0) is 0 Å². The van der Waals surface area contributed by atoms with Crippen LogP contribution >= 0.6 is 0 Å². The Morgan fingerprint density at radius 1 is 1.11 bits per heavy atom. The van der Waals surface area contributed by atoms with Crippen LogP contribution in [-0.4, -0.2) is 45.4 Å². The smallest absolute Gasteiger partial charge is 0.250 e. The van der Waals surface area contributed by atoms with Crippen molar-refractivity contribution in [2.75, 3.05) is 18.0 Å². The lowest BCUT2D eigenvalue weighted by molar-refractivity contribution is 0.402. The lowest BCUT2D eigenvalue weighted by Gasteiger charge is -2.36. The molecule has 0 amide bonds. The minimum atomic E-state index is 0.435. The van der Waals surface area contributed by atoms with Crippen molar-refractivity contribution in [2.45, 2.75) is 25.9 Å². The quantitative estimate of drug-likeness (QED) is 0.865. The first-order chi connectivity index (χ1) is 9.24. The molecule has 3 rings (SSSR count). The number of aromatic nitrogens is 4. The van der Waals surface area contributed by atoms with Gasteiger partial charge in [-0.05, 0) is 36.4 Å². The van der Waals surface area contributed by atoms with E-state index in [4.69, 9.17) is 0 Å². The molecule has 0 unspecified atom stereocenters. The van der Waals surface area contributed by atoms with Crippen molar-refractivity contribution in [1.82, 2.24) is 25.5 Å². The van der Waals surface area contributed by atoms with E-state index in [2.05, 4.69) is 39.6 Å². The normalized spacial score (nSPS) is 23.6. The molecule has 0 bridgehead atoms. The zero-order valence-corrected chi connectivity index (χ0v) is 11.2. The molecule has 2 aromatic rings. The van der Waals surface area contributed by atoms with E-state index in [0.29, 0.717) is 12.1 Å². The molecule has 2 atom stereocenters. The Balaban J connectivity index is 1.92. The van der Waals surface area contributed by atoms with E-state index in [0.717, 1.165) is 24.7 Å². The van der Waals surface area contributed by atoms with Crippen LogP contribution in [0.2, 0.25) is 0 Å². The van der Waals surface area contributed by atoms with E-state index in [1.165, 1.54) is 0 Å². The number of para-hydroxylation sites is 1. The molecular weight excluding hydrogens is 240 g/mol. The molecule has 1 N–H and O–H groups in total. The van der Waals surface area contributed by atoms with Crippen LogP contribution in [0, 0.1) is 0 Å². The van der Waals surface area contributed by atoms with Crippen LogP contribution in [0.4, 0.5) is 5.95 Å². The van der Waals surface area contributed by atoms with Gasteiger partial charge in [0.25, 0.3) is 0 Å². The lowest BCUT2D eigenvalue weighted by Crippen LogP contribution is -2.55. The maximum absolute atomic E-state index is 4.19. The second-order valence-electron chi connectivity index (χ2n) is 5.10. The number of nitrogens with zero attached hydrogens (tertiary/aromatic N) is 5. The molecular formula is C13H18N6. The number of anilines is 1. The fourth-order valence-corrected chi connectivity index (χ4v) is 2.61. The summed E-state index contributed by atoms with van der Waals surface area (Å²) >= 11 is 0. The van der Waals surface area contributed by atoms with Crippen molar-refractivity contribution in [3.05, 3.63) is 30.3 Å². The van der Waals surface area contributed by atoms with Gasteiger partial charge in [-0.25, -0.2) is 0 Å². The summed E-state index contributed by atoms with van der Waals surface area (Å²) < 4.78 is 1.80. The molecule has 0 spiro atoms. The predicted octanol–water partition coefficient (Wildman–Crippen LogP) is 0.849. The molecule has 6 heteroatoms. The highest BCUT2D eigenvalue weighted by atomic mass is 15.6. The van der Waals surface area contributed by atoms with Crippen molar-refractivity contribution in [2.24, 2.45) is 0 Å². The fraction of sp³-hybridized carbons (Fsp3) is 0.462. The third-order valence-electron chi connectivity index (χ3n) is 3.29. The minimum absolute atomic E-state index is 0.435. The van der Waals surface area contributed by atoms with Crippen molar-refractivity contribution in [3.8, 4) is 5.69 Å². The summed E-state index contributed by atoms with van der Waals surface area (Å²) in [5.74, 6) is 0.811. The first-order valence-corrected chi connectivity index (χ1v) is 6.59. The topological polar surface area (TPSA) is 58.9 Å². The second kappa shape index (κ2) is 4.97. The summed E-state index contributed by atoms with van der Waals surface area (Å²) in [6.07, 6.45) is 0. The number of benzene rings is 1. The summed E-state index contributed by atoms with van der Waals surface area (Å²) in [6, 6.07) is 10.9. The molecule has 100 valence electrons. The molecule has 0 radical (unpaired) electrons. The Kier molecular flexibility index (Phi) is 3.16. The van der Waals surface area contributed by atoms with Gasteiger partial charge in [-0.3, -0.25) is 0 Å². The van der Waals surface area contributed by atoms with E-state index in [9.17, 15) is 0 Å². The van der Waals surface area contributed by atoms with Gasteiger partial charge in [-0.2, -0.15) is 4.68 Å². The molecule has 1 aromatic heterocycles. The number of hydrogen-bond donors (Lipinski definition) is 1. The van der Waals surface area contributed by atoms with E-state index >= 15 is 0 Å². The van der Waals surface area contributed by atoms with E-state index < -0.39 is 0 Å². The van der Waals surface area contributed by atoms with Gasteiger partial charge in [0, 0.05) is 25.2 Å². The van der Waals surface area contributed by atoms with Crippen molar-refractivity contribution < 1.29 is 0 Å². The number of nitrogens with one attached hydrogen (secondary N) is 1. The molecule has 2 heterocycles. The summed E-state index contributed by atoms with van der Waals surface area (Å²) in [5.41, 5.74) is 0.987. The van der Waals surface area contributed by atoms with Crippen LogP contribution < -0.4 is 10.2 Å². The minimum Gasteiger partial charge on any atom is -0.336 e. The Morgan fingerprint density at radius 3 is 2.47 bits per heavy atom. The Bertz CT molecular complexity index is 527. The molecule has 0 saturated carbocycles. The van der Waals surface area contributed by atoms with Gasteiger partial charge in [0.15, 0.2) is 0 Å². The van der Waals surface area contributed by atoms with Crippen LogP contribution in [0.3, 0.4) is 0 Å². The summed E-state index contributed by atoms with van der Waals surface area (Å²) in [4.78, 5) is 2.23. The van der Waals surface area contributed by atoms with Crippen LogP contribution in [0.1, 0.15) is 13.8 Å². The monoisotopic (exact) mass is 258 g/mol. The SMILES string of the molecule is C[C@@H]1CN(c2nnnn2-c2ccccc2)C[C@H](C)N1. The van der Waals surface area contributed by atoms with E-state index in [1.54, 1.807) is 4.68 Å². The van der Waals surface area contributed by atoms with Crippen LogP contribution in [0.25, 0.3) is 5.69 Å². The zero-order chi connectivity index (χ0) is 13.2. The van der Waals surface area contributed by atoms with Gasteiger partial charge in [0.05, 0.1) is 5.69 Å². The highest BCUT2D eigenvalue weighted by molar-refractivity contribution is 5.41. The van der Waals surface area contributed by atoms with Crippen molar-refractivity contribution in [3.63, 3.8) is 0 Å². The standard InChI is InChI=1S/C13H18N6/c1-10-8-18(9-11(2)14-10)13-15-16-17-19(13)12-6-4-3-5-7-12/h3-7,10-11,14H,8-9H2,1-2H3/t10-,11+. The van der Waals surface area contributed by atoms with Gasteiger partial charge in [-0.1, -0.05) is 23.3 Å². The average molecular weight is 258 g/mol. The van der Waals surface area contributed by atoms with Gasteiger partial charge in [0.2, 0.25) is 5.95 Å². The lowest BCUT2D eigenvalue weighted by atomic mass is 10.1. The Morgan fingerprint density at radius 2 is 1.79 bits per heavy atom. The summed E-state index contributed by atoms with van der Waals surface area (Å²) in [7, 11) is 0. The van der Waals surface area contributed by atoms with Gasteiger partial charge >= 0.3 is 0 Å². The Hall–Kier alpha value is -1.95. The molecule has 1 fully saturated rings. The third-order valence-corrected chi connectivity index (χ3v) is 3.29. The van der Waals surface area contributed by atoms with Crippen molar-refractivity contribution >= 4 is 5.95 Å². The van der Waals surface area contributed by atoms with E-state index in [1.807, 2.05) is 30.3 Å². The Labute approximate surface area is 112 Å². The number of piperazine rings is 1. The zero-order valence-electron chi connectivity index (χ0n) is 11.2. The highest BCUT2D eigenvalue weighted by Gasteiger charge is 2.25. The summed E-state index contributed by atoms with van der Waals surface area (Å²) in [5, 5.41) is 15.6. The molecule has 1 saturated heterocycles. The number of hydrogen-bond acceptors (Lipinski definition) is 5. The molecule has 0 aliphatic carbocycles. The van der Waals surface area contributed by atoms with Gasteiger partial charge in [0.1, 0.15) is 0 Å². The van der Waals surface area contributed by atoms with E-state index in [-0.39, 0.29) is 0 Å². The predicted molar refractivity (Wildman–Crippen MR) is 73.4 cm³/mol. The number of rotatable bonds is 2. The average Bonchev–Trinajstić information content (AvgIpc) is 2.88. The number of tetrazole rings is 1. The fourth-order valence-electron chi connectivity index (χ4n) is 2.61.